The van der Waals surface area contributed by atoms with Crippen molar-refractivity contribution in [1.29, 1.82) is 0 Å². The molecule has 10 heteroatoms. The van der Waals surface area contributed by atoms with Gasteiger partial charge in [-0.15, -0.1) is 0 Å². The topological polar surface area (TPSA) is 105 Å². The molecule has 2 aromatic rings. The van der Waals surface area contributed by atoms with Gasteiger partial charge in [0.15, 0.2) is 0 Å². The quantitative estimate of drug-likeness (QED) is 0.632. The van der Waals surface area contributed by atoms with Crippen molar-refractivity contribution in [3.05, 3.63) is 48.5 Å². The Morgan fingerprint density at radius 1 is 0.632 bits per heavy atom. The first-order valence-corrected chi connectivity index (χ1v) is 12.9. The highest BCUT2D eigenvalue weighted by Gasteiger charge is 2.32. The predicted molar refractivity (Wildman–Crippen MR) is 147 cm³/mol. The summed E-state index contributed by atoms with van der Waals surface area (Å²) in [6.07, 6.45) is 1.30. The largest absolute Gasteiger partial charge is 0.331 e. The fraction of sp³-hybridized carbons (Fsp3) is 0.429. The van der Waals surface area contributed by atoms with Crippen molar-refractivity contribution in [1.82, 2.24) is 19.6 Å². The Kier molecular flexibility index (Phi) is 8.19. The third kappa shape index (κ3) is 6.24. The maximum absolute atomic E-state index is 12.7. The number of hydrogen-bond donors (Lipinski definition) is 2. The minimum Gasteiger partial charge on any atom is -0.331 e. The maximum Gasteiger partial charge on any atom is 0.319 e. The van der Waals surface area contributed by atoms with Crippen LogP contribution in [0, 0.1) is 11.8 Å². The number of amides is 6. The molecule has 2 atom stereocenters. The number of anilines is 2. The van der Waals surface area contributed by atoms with Crippen molar-refractivity contribution in [3.63, 3.8) is 0 Å². The minimum absolute atomic E-state index is 0.0723. The van der Waals surface area contributed by atoms with Crippen LogP contribution in [0.2, 0.25) is 0 Å². The van der Waals surface area contributed by atoms with Crippen LogP contribution in [0.5, 0.6) is 0 Å². The fourth-order valence-electron chi connectivity index (χ4n) is 4.84. The van der Waals surface area contributed by atoms with Gasteiger partial charge in [0.1, 0.15) is 0 Å². The van der Waals surface area contributed by atoms with Crippen LogP contribution in [0.15, 0.2) is 48.5 Å². The number of nitrogens with one attached hydrogen (secondary N) is 2. The lowest BCUT2D eigenvalue weighted by Crippen LogP contribution is -2.38. The third-order valence-electron chi connectivity index (χ3n) is 7.06. The summed E-state index contributed by atoms with van der Waals surface area (Å²) in [7, 11) is 6.84. The summed E-state index contributed by atoms with van der Waals surface area (Å²) >= 11 is 0. The highest BCUT2D eigenvalue weighted by atomic mass is 16.2. The minimum atomic E-state index is -0.220. The van der Waals surface area contributed by atoms with Gasteiger partial charge in [0.05, 0.1) is 11.8 Å². The van der Waals surface area contributed by atoms with E-state index in [-0.39, 0.29) is 35.7 Å². The molecular weight excluding hydrogens is 484 g/mol. The molecule has 2 aliphatic heterocycles. The SMILES string of the molecule is CN(C)C(=O)N1CC[C@H](C(=O)Nc2ccc(-c3ccc(NC(=O)[C@H]4CCN(C(=O)N(C)C)C4)cc3)cc2)C1. The molecule has 0 saturated carbocycles. The summed E-state index contributed by atoms with van der Waals surface area (Å²) in [4.78, 5) is 56.1. The molecule has 2 heterocycles. The number of nitrogens with zero attached hydrogens (tertiary/aromatic N) is 4. The number of carbonyl (C=O) groups excluding carboxylic acids is 4. The summed E-state index contributed by atoms with van der Waals surface area (Å²) in [5, 5.41) is 5.92. The zero-order valence-corrected chi connectivity index (χ0v) is 22.4. The van der Waals surface area contributed by atoms with E-state index in [4.69, 9.17) is 0 Å². The van der Waals surface area contributed by atoms with Crippen molar-refractivity contribution in [2.24, 2.45) is 11.8 Å². The van der Waals surface area contributed by atoms with E-state index in [2.05, 4.69) is 10.6 Å². The highest BCUT2D eigenvalue weighted by molar-refractivity contribution is 5.94. The number of hydrogen-bond acceptors (Lipinski definition) is 4. The highest BCUT2D eigenvalue weighted by Crippen LogP contribution is 2.25. The molecule has 10 nitrogen and oxygen atoms in total. The van der Waals surface area contributed by atoms with Gasteiger partial charge in [-0.3, -0.25) is 9.59 Å². The van der Waals surface area contributed by atoms with Crippen LogP contribution in [0.4, 0.5) is 21.0 Å². The average Bonchev–Trinajstić information content (AvgIpc) is 3.59. The Bertz CT molecular complexity index is 1090. The summed E-state index contributed by atoms with van der Waals surface area (Å²) in [6.45, 7) is 2.02. The van der Waals surface area contributed by atoms with E-state index in [1.165, 1.54) is 9.80 Å². The second-order valence-corrected chi connectivity index (χ2v) is 10.4. The average molecular weight is 521 g/mol. The molecule has 202 valence electrons. The Hall–Kier alpha value is -4.08. The van der Waals surface area contributed by atoms with Crippen LogP contribution in [0.1, 0.15) is 12.8 Å². The van der Waals surface area contributed by atoms with E-state index < -0.39 is 0 Å². The molecule has 0 unspecified atom stereocenters. The zero-order valence-electron chi connectivity index (χ0n) is 22.4. The lowest BCUT2D eigenvalue weighted by Gasteiger charge is -2.21. The Morgan fingerprint density at radius 3 is 1.29 bits per heavy atom. The third-order valence-corrected chi connectivity index (χ3v) is 7.06. The number of rotatable bonds is 5. The molecule has 2 N–H and O–H groups in total. The molecule has 0 aliphatic carbocycles. The summed E-state index contributed by atoms with van der Waals surface area (Å²) in [5.41, 5.74) is 3.38. The maximum atomic E-state index is 12.7. The van der Waals surface area contributed by atoms with Gasteiger partial charge in [-0.05, 0) is 48.2 Å². The summed E-state index contributed by atoms with van der Waals surface area (Å²) < 4.78 is 0. The smallest absolute Gasteiger partial charge is 0.319 e. The first-order valence-electron chi connectivity index (χ1n) is 12.9. The standard InChI is InChI=1S/C28H36N6O4/c1-31(2)27(37)33-15-13-21(17-33)25(35)29-23-9-5-19(6-10-23)20-7-11-24(12-8-20)30-26(36)22-14-16-34(18-22)28(38)32(3)4/h5-12,21-22H,13-18H2,1-4H3,(H,29,35)(H,30,36)/t21-,22-/m0/s1. The second-order valence-electron chi connectivity index (χ2n) is 10.4. The predicted octanol–water partition coefficient (Wildman–Crippen LogP) is 3.24. The van der Waals surface area contributed by atoms with E-state index >= 15 is 0 Å². The van der Waals surface area contributed by atoms with Crippen molar-refractivity contribution in [3.8, 4) is 11.1 Å². The molecule has 2 aliphatic rings. The normalized spacial score (nSPS) is 18.7. The number of urea groups is 2. The fourth-order valence-corrected chi connectivity index (χ4v) is 4.84. The van der Waals surface area contributed by atoms with Crippen LogP contribution in [0.3, 0.4) is 0 Å². The van der Waals surface area contributed by atoms with Gasteiger partial charge in [-0.1, -0.05) is 24.3 Å². The van der Waals surface area contributed by atoms with E-state index in [9.17, 15) is 19.2 Å². The Morgan fingerprint density at radius 2 is 0.974 bits per heavy atom. The number of carbonyl (C=O) groups is 4. The zero-order chi connectivity index (χ0) is 27.4. The van der Waals surface area contributed by atoms with Crippen molar-refractivity contribution < 1.29 is 19.2 Å². The summed E-state index contributed by atoms with van der Waals surface area (Å²) in [5.74, 6) is -0.601. The monoisotopic (exact) mass is 520 g/mol. The molecule has 38 heavy (non-hydrogen) atoms. The van der Waals surface area contributed by atoms with Crippen LogP contribution in [-0.4, -0.2) is 97.8 Å². The Labute approximate surface area is 223 Å². The van der Waals surface area contributed by atoms with Crippen LogP contribution in [0.25, 0.3) is 11.1 Å². The molecule has 0 bridgehead atoms. The van der Waals surface area contributed by atoms with E-state index in [1.807, 2.05) is 48.5 Å². The van der Waals surface area contributed by atoms with Gasteiger partial charge in [-0.2, -0.15) is 0 Å². The van der Waals surface area contributed by atoms with Gasteiger partial charge in [0.2, 0.25) is 11.8 Å². The molecule has 2 aromatic carbocycles. The number of benzene rings is 2. The van der Waals surface area contributed by atoms with E-state index in [0.717, 1.165) is 11.1 Å². The lowest BCUT2D eigenvalue weighted by molar-refractivity contribution is -0.120. The summed E-state index contributed by atoms with van der Waals surface area (Å²) in [6, 6.07) is 15.1. The van der Waals surface area contributed by atoms with Gasteiger partial charge >= 0.3 is 12.1 Å². The first kappa shape index (κ1) is 27.0. The molecule has 0 aromatic heterocycles. The van der Waals surface area contributed by atoms with Gasteiger partial charge in [0, 0.05) is 65.7 Å². The van der Waals surface area contributed by atoms with Gasteiger partial charge < -0.3 is 30.2 Å². The molecule has 2 fully saturated rings. The molecule has 0 spiro atoms. The second kappa shape index (κ2) is 11.5. The van der Waals surface area contributed by atoms with Crippen molar-refractivity contribution >= 4 is 35.3 Å². The molecule has 6 amide bonds. The van der Waals surface area contributed by atoms with Crippen LogP contribution in [-0.2, 0) is 9.59 Å². The lowest BCUT2D eigenvalue weighted by atomic mass is 10.0. The van der Waals surface area contributed by atoms with Crippen LogP contribution < -0.4 is 10.6 Å². The van der Waals surface area contributed by atoms with Gasteiger partial charge in [0.25, 0.3) is 0 Å². The van der Waals surface area contributed by atoms with Crippen LogP contribution >= 0.6 is 0 Å². The van der Waals surface area contributed by atoms with E-state index in [1.54, 1.807) is 38.0 Å². The Balaban J connectivity index is 1.28. The van der Waals surface area contributed by atoms with Gasteiger partial charge in [-0.25, -0.2) is 9.59 Å². The van der Waals surface area contributed by atoms with Crippen molar-refractivity contribution in [2.45, 2.75) is 12.8 Å². The molecule has 0 radical (unpaired) electrons. The molecule has 4 rings (SSSR count). The van der Waals surface area contributed by atoms with Crippen molar-refractivity contribution in [2.75, 3.05) is 65.0 Å². The number of likely N-dealkylation sites (tertiary alicyclic amines) is 2. The molecule has 2 saturated heterocycles. The van der Waals surface area contributed by atoms with E-state index in [0.29, 0.717) is 50.4 Å². The molecular formula is C28H36N6O4. The first-order chi connectivity index (χ1) is 18.1.